The number of fused-ring (bicyclic) bond motifs is 1. The fraction of sp³-hybridized carbons (Fsp3) is 0. The zero-order chi connectivity index (χ0) is 11.0. The van der Waals surface area contributed by atoms with Crippen LogP contribution in [-0.4, -0.2) is 11.1 Å². The summed E-state index contributed by atoms with van der Waals surface area (Å²) in [6.07, 6.45) is 0. The van der Waals surface area contributed by atoms with Gasteiger partial charge in [0.05, 0.1) is 16.7 Å². The molecule has 1 heterocycles. The van der Waals surface area contributed by atoms with E-state index in [1.54, 1.807) is 18.2 Å². The third kappa shape index (κ3) is 1.46. The summed E-state index contributed by atoms with van der Waals surface area (Å²) >= 11 is 6.99. The van der Waals surface area contributed by atoms with E-state index in [2.05, 4.69) is 0 Å². The molecular weight excluding hydrogens is 234 g/mol. The summed E-state index contributed by atoms with van der Waals surface area (Å²) in [5.41, 5.74) is 0.404. The number of hydrogen-bond acceptors (Lipinski definition) is 3. The molecule has 74 valence electrons. The van der Waals surface area contributed by atoms with E-state index in [-0.39, 0.29) is 9.90 Å². The van der Waals surface area contributed by atoms with Gasteiger partial charge in [-0.25, -0.2) is 4.79 Å². The van der Waals surface area contributed by atoms with Crippen molar-refractivity contribution in [3.05, 3.63) is 33.7 Å². The molecule has 0 saturated carbocycles. The van der Waals surface area contributed by atoms with Gasteiger partial charge in [0.15, 0.2) is 0 Å². The standard InChI is InChI=1S/C10H4ClNO2S/c11-8-7-5(4-12)2-1-3-6(7)15-9(8)10(13)14/h1-3H,(H,13,14). The Morgan fingerprint density at radius 2 is 2.27 bits per heavy atom. The normalized spacial score (nSPS) is 10.1. The van der Waals surface area contributed by atoms with Crippen LogP contribution in [0.1, 0.15) is 15.2 Å². The number of thiophene rings is 1. The van der Waals surface area contributed by atoms with Crippen molar-refractivity contribution in [2.24, 2.45) is 0 Å². The molecule has 2 rings (SSSR count). The molecular formula is C10H4ClNO2S. The number of rotatable bonds is 1. The SMILES string of the molecule is N#Cc1cccc2sc(C(=O)O)c(Cl)c12. The Bertz CT molecular complexity index is 597. The van der Waals surface area contributed by atoms with Gasteiger partial charge in [-0.15, -0.1) is 11.3 Å². The summed E-state index contributed by atoms with van der Waals surface area (Å²) in [7, 11) is 0. The second-order valence-corrected chi connectivity index (χ2v) is 4.27. The maximum absolute atomic E-state index is 10.8. The highest BCUT2D eigenvalue weighted by atomic mass is 35.5. The molecule has 0 unspecified atom stereocenters. The van der Waals surface area contributed by atoms with Crippen molar-refractivity contribution in [2.45, 2.75) is 0 Å². The molecule has 0 bridgehead atoms. The maximum atomic E-state index is 10.8. The largest absolute Gasteiger partial charge is 0.477 e. The summed E-state index contributed by atoms with van der Waals surface area (Å²) in [5.74, 6) is -1.06. The van der Waals surface area contributed by atoms with Crippen LogP contribution in [0.4, 0.5) is 0 Å². The van der Waals surface area contributed by atoms with Crippen molar-refractivity contribution < 1.29 is 9.90 Å². The first kappa shape index (κ1) is 9.97. The number of carbonyl (C=O) groups is 1. The van der Waals surface area contributed by atoms with Crippen molar-refractivity contribution in [3.8, 4) is 6.07 Å². The number of nitriles is 1. The van der Waals surface area contributed by atoms with Gasteiger partial charge in [-0.05, 0) is 12.1 Å². The molecule has 2 aromatic rings. The molecule has 0 saturated heterocycles. The molecule has 0 aliphatic heterocycles. The lowest BCUT2D eigenvalue weighted by Gasteiger charge is -1.92. The summed E-state index contributed by atoms with van der Waals surface area (Å²) in [4.78, 5) is 10.9. The predicted octanol–water partition coefficient (Wildman–Crippen LogP) is 3.12. The van der Waals surface area contributed by atoms with Gasteiger partial charge in [0.2, 0.25) is 0 Å². The minimum absolute atomic E-state index is 0.0781. The van der Waals surface area contributed by atoms with Crippen LogP contribution < -0.4 is 0 Å². The van der Waals surface area contributed by atoms with Gasteiger partial charge >= 0.3 is 5.97 Å². The van der Waals surface area contributed by atoms with Crippen LogP contribution in [0.5, 0.6) is 0 Å². The average molecular weight is 238 g/mol. The molecule has 1 aromatic carbocycles. The second-order valence-electron chi connectivity index (χ2n) is 2.84. The van der Waals surface area contributed by atoms with Gasteiger partial charge in [-0.1, -0.05) is 17.7 Å². The summed E-state index contributed by atoms with van der Waals surface area (Å²) in [6.45, 7) is 0. The van der Waals surface area contributed by atoms with Crippen molar-refractivity contribution >= 4 is 39.0 Å². The fourth-order valence-corrected chi connectivity index (χ4v) is 2.76. The van der Waals surface area contributed by atoms with E-state index in [9.17, 15) is 4.79 Å². The van der Waals surface area contributed by atoms with E-state index in [1.807, 2.05) is 6.07 Å². The number of hydrogen-bond donors (Lipinski definition) is 1. The summed E-state index contributed by atoms with van der Waals surface area (Å²) in [5, 5.41) is 18.4. The smallest absolute Gasteiger partial charge is 0.347 e. The first-order chi connectivity index (χ1) is 7.15. The first-order valence-corrected chi connectivity index (χ1v) is 5.19. The number of nitrogens with zero attached hydrogens (tertiary/aromatic N) is 1. The average Bonchev–Trinajstić information content (AvgIpc) is 2.56. The quantitative estimate of drug-likeness (QED) is 0.829. The molecule has 15 heavy (non-hydrogen) atoms. The Morgan fingerprint density at radius 1 is 1.53 bits per heavy atom. The molecule has 0 amide bonds. The number of carboxylic acids is 1. The van der Waals surface area contributed by atoms with Crippen molar-refractivity contribution in [2.75, 3.05) is 0 Å². The topological polar surface area (TPSA) is 61.1 Å². The second kappa shape index (κ2) is 3.54. The zero-order valence-corrected chi connectivity index (χ0v) is 8.89. The van der Waals surface area contributed by atoms with Crippen LogP contribution in [-0.2, 0) is 0 Å². The van der Waals surface area contributed by atoms with Gasteiger partial charge in [-0.3, -0.25) is 0 Å². The van der Waals surface area contributed by atoms with Crippen molar-refractivity contribution in [1.29, 1.82) is 5.26 Å². The minimum atomic E-state index is -1.06. The Morgan fingerprint density at radius 3 is 2.87 bits per heavy atom. The molecule has 5 heteroatoms. The maximum Gasteiger partial charge on any atom is 0.347 e. The van der Waals surface area contributed by atoms with E-state index in [4.69, 9.17) is 22.0 Å². The van der Waals surface area contributed by atoms with Crippen molar-refractivity contribution in [3.63, 3.8) is 0 Å². The molecule has 0 spiro atoms. The third-order valence-corrected chi connectivity index (χ3v) is 3.60. The van der Waals surface area contributed by atoms with Crippen LogP contribution in [0.25, 0.3) is 10.1 Å². The van der Waals surface area contributed by atoms with E-state index in [0.717, 1.165) is 16.0 Å². The predicted molar refractivity (Wildman–Crippen MR) is 58.5 cm³/mol. The Hall–Kier alpha value is -1.57. The Labute approximate surface area is 94.1 Å². The number of aromatic carboxylic acids is 1. The van der Waals surface area contributed by atoms with Crippen LogP contribution in [0.2, 0.25) is 5.02 Å². The van der Waals surface area contributed by atoms with E-state index >= 15 is 0 Å². The lowest BCUT2D eigenvalue weighted by Crippen LogP contribution is -1.91. The summed E-state index contributed by atoms with van der Waals surface area (Å²) < 4.78 is 0.719. The van der Waals surface area contributed by atoms with Gasteiger partial charge in [0.1, 0.15) is 4.88 Å². The Balaban J connectivity index is 2.90. The molecule has 0 fully saturated rings. The molecule has 0 aliphatic carbocycles. The third-order valence-electron chi connectivity index (χ3n) is 1.97. The fourth-order valence-electron chi connectivity index (χ4n) is 1.34. The van der Waals surface area contributed by atoms with E-state index in [0.29, 0.717) is 10.9 Å². The minimum Gasteiger partial charge on any atom is -0.477 e. The lowest BCUT2D eigenvalue weighted by molar-refractivity contribution is 0.0702. The Kier molecular flexibility index (Phi) is 2.35. The highest BCUT2D eigenvalue weighted by Gasteiger charge is 2.17. The molecule has 3 nitrogen and oxygen atoms in total. The first-order valence-electron chi connectivity index (χ1n) is 3.99. The van der Waals surface area contributed by atoms with Crippen LogP contribution >= 0.6 is 22.9 Å². The molecule has 0 radical (unpaired) electrons. The van der Waals surface area contributed by atoms with E-state index in [1.165, 1.54) is 0 Å². The monoisotopic (exact) mass is 237 g/mol. The zero-order valence-electron chi connectivity index (χ0n) is 7.32. The van der Waals surface area contributed by atoms with Crippen molar-refractivity contribution in [1.82, 2.24) is 0 Å². The molecule has 0 aliphatic rings. The molecule has 1 aromatic heterocycles. The number of benzene rings is 1. The van der Waals surface area contributed by atoms with Gasteiger partial charge in [-0.2, -0.15) is 5.26 Å². The van der Waals surface area contributed by atoms with Gasteiger partial charge in [0.25, 0.3) is 0 Å². The lowest BCUT2D eigenvalue weighted by atomic mass is 10.1. The van der Waals surface area contributed by atoms with Crippen LogP contribution in [0.15, 0.2) is 18.2 Å². The van der Waals surface area contributed by atoms with Crippen LogP contribution in [0, 0.1) is 11.3 Å². The van der Waals surface area contributed by atoms with Gasteiger partial charge in [0, 0.05) is 10.1 Å². The van der Waals surface area contributed by atoms with E-state index < -0.39 is 5.97 Å². The highest BCUT2D eigenvalue weighted by Crippen LogP contribution is 2.37. The molecule has 0 atom stereocenters. The number of halogens is 1. The van der Waals surface area contributed by atoms with Crippen LogP contribution in [0.3, 0.4) is 0 Å². The van der Waals surface area contributed by atoms with Gasteiger partial charge < -0.3 is 5.11 Å². The molecule has 1 N–H and O–H groups in total. The number of carboxylic acid groups (broad SMARTS) is 1. The highest BCUT2D eigenvalue weighted by molar-refractivity contribution is 7.21. The summed E-state index contributed by atoms with van der Waals surface area (Å²) in [6, 6.07) is 7.07.